The predicted octanol–water partition coefficient (Wildman–Crippen LogP) is 5.50. The van der Waals surface area contributed by atoms with E-state index < -0.39 is 0 Å². The minimum absolute atomic E-state index is 0.414. The number of aromatic nitrogens is 5. The van der Waals surface area contributed by atoms with E-state index in [2.05, 4.69) is 54.3 Å². The number of fused-ring (bicyclic) bond motifs is 2. The molecule has 1 fully saturated rings. The van der Waals surface area contributed by atoms with Crippen molar-refractivity contribution in [3.63, 3.8) is 0 Å². The van der Waals surface area contributed by atoms with Gasteiger partial charge in [0.25, 0.3) is 0 Å². The van der Waals surface area contributed by atoms with Crippen LogP contribution in [0.3, 0.4) is 0 Å². The second kappa shape index (κ2) is 8.61. The second-order valence-electron chi connectivity index (χ2n) is 9.41. The van der Waals surface area contributed by atoms with Crippen LogP contribution in [0.15, 0.2) is 48.7 Å². The Morgan fingerprint density at radius 3 is 2.42 bits per heavy atom. The SMILES string of the molecule is Cc1cc(C)c2nc(-n3ncc(C#N)c3Nc3nc4ccccc4nc3N3CCCC3)cc(C)c2c1. The third-order valence-corrected chi connectivity index (χ3v) is 6.74. The van der Waals surface area contributed by atoms with Gasteiger partial charge in [-0.1, -0.05) is 23.8 Å². The molecule has 2 aromatic carbocycles. The van der Waals surface area contributed by atoms with Crippen LogP contribution >= 0.6 is 0 Å². The predicted molar refractivity (Wildman–Crippen MR) is 142 cm³/mol. The largest absolute Gasteiger partial charge is 0.354 e. The minimum atomic E-state index is 0.414. The molecule has 0 aliphatic carbocycles. The number of hydrogen-bond donors (Lipinski definition) is 1. The van der Waals surface area contributed by atoms with Crippen LogP contribution in [0.4, 0.5) is 17.5 Å². The highest BCUT2D eigenvalue weighted by Crippen LogP contribution is 2.32. The lowest BCUT2D eigenvalue weighted by Crippen LogP contribution is -2.21. The first-order chi connectivity index (χ1) is 17.5. The van der Waals surface area contributed by atoms with Crippen LogP contribution in [0.2, 0.25) is 0 Å². The lowest BCUT2D eigenvalue weighted by Gasteiger charge is -2.21. The van der Waals surface area contributed by atoms with Crippen molar-refractivity contribution in [3.05, 3.63) is 70.9 Å². The molecule has 8 heteroatoms. The number of pyridine rings is 1. The van der Waals surface area contributed by atoms with Gasteiger partial charge in [-0.25, -0.2) is 15.0 Å². The quantitative estimate of drug-likeness (QED) is 0.367. The molecule has 0 bridgehead atoms. The van der Waals surface area contributed by atoms with E-state index in [-0.39, 0.29) is 0 Å². The molecule has 4 heterocycles. The zero-order valence-corrected chi connectivity index (χ0v) is 20.6. The summed E-state index contributed by atoms with van der Waals surface area (Å²) in [6.45, 7) is 8.10. The Labute approximate surface area is 209 Å². The number of nitrogens with one attached hydrogen (secondary N) is 1. The summed E-state index contributed by atoms with van der Waals surface area (Å²) in [4.78, 5) is 17.1. The molecule has 3 aromatic heterocycles. The van der Waals surface area contributed by atoms with Gasteiger partial charge in [0.1, 0.15) is 11.6 Å². The number of benzene rings is 2. The number of anilines is 3. The maximum atomic E-state index is 9.90. The van der Waals surface area contributed by atoms with Gasteiger partial charge in [0.05, 0.1) is 22.7 Å². The molecule has 0 amide bonds. The molecular formula is C28H26N8. The molecule has 1 aliphatic heterocycles. The molecule has 0 spiro atoms. The molecule has 178 valence electrons. The maximum absolute atomic E-state index is 9.90. The first-order valence-electron chi connectivity index (χ1n) is 12.2. The van der Waals surface area contributed by atoms with E-state index in [9.17, 15) is 5.26 Å². The Hall–Kier alpha value is -4.51. The van der Waals surface area contributed by atoms with Crippen LogP contribution in [0.1, 0.15) is 35.1 Å². The summed E-state index contributed by atoms with van der Waals surface area (Å²) in [6.07, 6.45) is 3.80. The number of para-hydroxylation sites is 2. The molecule has 8 nitrogen and oxygen atoms in total. The molecule has 0 radical (unpaired) electrons. The number of rotatable bonds is 4. The summed E-state index contributed by atoms with van der Waals surface area (Å²) in [7, 11) is 0. The van der Waals surface area contributed by atoms with Gasteiger partial charge in [-0.3, -0.25) is 0 Å². The fourth-order valence-electron chi connectivity index (χ4n) is 5.00. The van der Waals surface area contributed by atoms with E-state index >= 15 is 0 Å². The summed E-state index contributed by atoms with van der Waals surface area (Å²) in [6, 6.07) is 16.4. The van der Waals surface area contributed by atoms with Gasteiger partial charge < -0.3 is 10.2 Å². The number of hydrogen-bond acceptors (Lipinski definition) is 7. The first kappa shape index (κ1) is 22.0. The Morgan fingerprint density at radius 1 is 0.917 bits per heavy atom. The fourth-order valence-corrected chi connectivity index (χ4v) is 5.00. The topological polar surface area (TPSA) is 95.5 Å². The van der Waals surface area contributed by atoms with E-state index in [0.29, 0.717) is 23.0 Å². The van der Waals surface area contributed by atoms with Crippen LogP contribution in [0.5, 0.6) is 0 Å². The molecule has 36 heavy (non-hydrogen) atoms. The summed E-state index contributed by atoms with van der Waals surface area (Å²) < 4.78 is 1.69. The lowest BCUT2D eigenvalue weighted by molar-refractivity contribution is 0.856. The third-order valence-electron chi connectivity index (χ3n) is 6.74. The van der Waals surface area contributed by atoms with E-state index in [1.54, 1.807) is 10.9 Å². The summed E-state index contributed by atoms with van der Waals surface area (Å²) in [5.41, 5.74) is 6.39. The molecule has 6 rings (SSSR count). The Kier molecular flexibility index (Phi) is 5.26. The van der Waals surface area contributed by atoms with Crippen LogP contribution in [0.25, 0.3) is 27.8 Å². The van der Waals surface area contributed by atoms with Crippen molar-refractivity contribution in [2.45, 2.75) is 33.6 Å². The molecule has 1 N–H and O–H groups in total. The van der Waals surface area contributed by atoms with Crippen molar-refractivity contribution in [1.82, 2.24) is 24.7 Å². The van der Waals surface area contributed by atoms with Crippen LogP contribution in [0, 0.1) is 32.1 Å². The lowest BCUT2D eigenvalue weighted by atomic mass is 10.0. The van der Waals surface area contributed by atoms with Gasteiger partial charge in [-0.2, -0.15) is 15.0 Å². The molecular weight excluding hydrogens is 448 g/mol. The molecule has 5 aromatic rings. The summed E-state index contributed by atoms with van der Waals surface area (Å²) in [5.74, 6) is 2.57. The zero-order chi connectivity index (χ0) is 24.8. The standard InChI is InChI=1S/C28H26N8/c1-17-12-19(3)25-21(13-17)18(2)14-24(33-25)36-27(20(15-29)16-30-36)34-26-28(35-10-6-7-11-35)32-23-9-5-4-8-22(23)31-26/h4-5,8-9,12-14,16H,6-7,10-11H2,1-3H3,(H,31,34). The Balaban J connectivity index is 1.51. The van der Waals surface area contributed by atoms with E-state index in [1.807, 2.05) is 30.3 Å². The van der Waals surface area contributed by atoms with Gasteiger partial charge in [-0.15, -0.1) is 0 Å². The van der Waals surface area contributed by atoms with Crippen molar-refractivity contribution in [3.8, 4) is 11.9 Å². The van der Waals surface area contributed by atoms with Gasteiger partial charge in [-0.05, 0) is 69.0 Å². The smallest absolute Gasteiger partial charge is 0.175 e. The van der Waals surface area contributed by atoms with E-state index in [1.165, 1.54) is 5.56 Å². The van der Waals surface area contributed by atoms with E-state index in [4.69, 9.17) is 15.0 Å². The van der Waals surface area contributed by atoms with Gasteiger partial charge in [0.2, 0.25) is 0 Å². The van der Waals surface area contributed by atoms with Crippen LogP contribution in [-0.2, 0) is 0 Å². The Bertz CT molecular complexity index is 1670. The molecule has 0 unspecified atom stereocenters. The third kappa shape index (κ3) is 3.69. The molecule has 1 saturated heterocycles. The minimum Gasteiger partial charge on any atom is -0.354 e. The average Bonchev–Trinajstić information content (AvgIpc) is 3.54. The fraction of sp³-hybridized carbons (Fsp3) is 0.250. The van der Waals surface area contributed by atoms with Gasteiger partial charge in [0, 0.05) is 18.5 Å². The number of aryl methyl sites for hydroxylation is 3. The van der Waals surface area contributed by atoms with E-state index in [0.717, 1.165) is 64.8 Å². The Morgan fingerprint density at radius 2 is 1.67 bits per heavy atom. The maximum Gasteiger partial charge on any atom is 0.175 e. The molecule has 0 atom stereocenters. The van der Waals surface area contributed by atoms with Crippen molar-refractivity contribution >= 4 is 39.4 Å². The van der Waals surface area contributed by atoms with Crippen LogP contribution in [-0.4, -0.2) is 37.8 Å². The monoisotopic (exact) mass is 474 g/mol. The zero-order valence-electron chi connectivity index (χ0n) is 20.6. The average molecular weight is 475 g/mol. The van der Waals surface area contributed by atoms with Gasteiger partial charge in [0.15, 0.2) is 23.3 Å². The summed E-state index contributed by atoms with van der Waals surface area (Å²) in [5, 5.41) is 19.0. The highest BCUT2D eigenvalue weighted by molar-refractivity contribution is 5.87. The molecule has 1 aliphatic rings. The molecule has 0 saturated carbocycles. The highest BCUT2D eigenvalue weighted by atomic mass is 15.4. The summed E-state index contributed by atoms with van der Waals surface area (Å²) >= 11 is 0. The number of nitrogens with zero attached hydrogens (tertiary/aromatic N) is 7. The second-order valence-corrected chi connectivity index (χ2v) is 9.41. The van der Waals surface area contributed by atoms with Crippen molar-refractivity contribution < 1.29 is 0 Å². The van der Waals surface area contributed by atoms with Gasteiger partial charge >= 0.3 is 0 Å². The van der Waals surface area contributed by atoms with Crippen molar-refractivity contribution in [1.29, 1.82) is 5.26 Å². The van der Waals surface area contributed by atoms with Crippen molar-refractivity contribution in [2.24, 2.45) is 0 Å². The van der Waals surface area contributed by atoms with Crippen LogP contribution < -0.4 is 10.2 Å². The first-order valence-corrected chi connectivity index (χ1v) is 12.2. The highest BCUT2D eigenvalue weighted by Gasteiger charge is 2.23. The van der Waals surface area contributed by atoms with Crippen molar-refractivity contribution in [2.75, 3.05) is 23.3 Å². The normalized spacial score (nSPS) is 13.4. The number of nitriles is 1.